The average molecular weight is 388 g/mol. The summed E-state index contributed by atoms with van der Waals surface area (Å²) in [5, 5.41) is 4.54. The van der Waals surface area contributed by atoms with Gasteiger partial charge in [0.1, 0.15) is 16.7 Å². The van der Waals surface area contributed by atoms with Gasteiger partial charge >= 0.3 is 0 Å². The number of hydrogen-bond donors (Lipinski definition) is 0. The molecule has 2 aromatic carbocycles. The SMILES string of the molecule is COc1ccc(CN(C)C(=O)c2c(C)nn(-c3ccc(F)cc3)c2Cl)cc1. The molecule has 0 saturated carbocycles. The van der Waals surface area contributed by atoms with Crippen molar-refractivity contribution < 1.29 is 13.9 Å². The second-order valence-corrected chi connectivity index (χ2v) is 6.51. The van der Waals surface area contributed by atoms with Gasteiger partial charge in [-0.2, -0.15) is 5.10 Å². The lowest BCUT2D eigenvalue weighted by atomic mass is 10.2. The summed E-state index contributed by atoms with van der Waals surface area (Å²) in [6.45, 7) is 2.14. The summed E-state index contributed by atoms with van der Waals surface area (Å²) in [4.78, 5) is 14.5. The van der Waals surface area contributed by atoms with E-state index in [1.54, 1.807) is 38.1 Å². The average Bonchev–Trinajstić information content (AvgIpc) is 2.96. The molecule has 0 fully saturated rings. The largest absolute Gasteiger partial charge is 0.497 e. The number of nitrogens with zero attached hydrogens (tertiary/aromatic N) is 3. The van der Waals surface area contributed by atoms with Gasteiger partial charge in [0, 0.05) is 13.6 Å². The van der Waals surface area contributed by atoms with Gasteiger partial charge in [0.05, 0.1) is 24.1 Å². The summed E-state index contributed by atoms with van der Waals surface area (Å²) in [6.07, 6.45) is 0. The van der Waals surface area contributed by atoms with E-state index in [0.717, 1.165) is 11.3 Å². The lowest BCUT2D eigenvalue weighted by Crippen LogP contribution is -2.26. The van der Waals surface area contributed by atoms with E-state index in [4.69, 9.17) is 16.3 Å². The van der Waals surface area contributed by atoms with E-state index in [2.05, 4.69) is 5.10 Å². The van der Waals surface area contributed by atoms with Gasteiger partial charge in [0.25, 0.3) is 5.91 Å². The van der Waals surface area contributed by atoms with Crippen LogP contribution in [0.3, 0.4) is 0 Å². The van der Waals surface area contributed by atoms with Crippen molar-refractivity contribution in [2.24, 2.45) is 0 Å². The summed E-state index contributed by atoms with van der Waals surface area (Å²) in [5.74, 6) is 0.170. The Bertz CT molecular complexity index is 953. The number of carbonyl (C=O) groups excluding carboxylic acids is 1. The molecule has 1 amide bonds. The highest BCUT2D eigenvalue weighted by molar-refractivity contribution is 6.33. The Morgan fingerprint density at radius 1 is 1.19 bits per heavy atom. The zero-order valence-corrected chi connectivity index (χ0v) is 16.0. The van der Waals surface area contributed by atoms with Gasteiger partial charge in [0.2, 0.25) is 0 Å². The molecule has 7 heteroatoms. The molecular formula is C20H19ClFN3O2. The van der Waals surface area contributed by atoms with Crippen LogP contribution in [0.1, 0.15) is 21.6 Å². The number of aryl methyl sites for hydroxylation is 1. The van der Waals surface area contributed by atoms with Crippen LogP contribution in [-0.2, 0) is 6.54 Å². The minimum Gasteiger partial charge on any atom is -0.497 e. The minimum atomic E-state index is -0.353. The van der Waals surface area contributed by atoms with Crippen LogP contribution in [0.5, 0.6) is 5.75 Å². The first kappa shape index (κ1) is 18.9. The maximum Gasteiger partial charge on any atom is 0.258 e. The molecule has 0 aliphatic rings. The predicted molar refractivity (Wildman–Crippen MR) is 102 cm³/mol. The normalized spacial score (nSPS) is 10.7. The molecule has 0 atom stereocenters. The molecule has 0 aliphatic carbocycles. The van der Waals surface area contributed by atoms with Crippen LogP contribution in [0.25, 0.3) is 5.69 Å². The summed E-state index contributed by atoms with van der Waals surface area (Å²) in [6, 6.07) is 13.3. The van der Waals surface area contributed by atoms with Crippen molar-refractivity contribution in [3.8, 4) is 11.4 Å². The molecular weight excluding hydrogens is 369 g/mol. The van der Waals surface area contributed by atoms with E-state index < -0.39 is 0 Å². The predicted octanol–water partition coefficient (Wildman–Crippen LogP) is 4.25. The van der Waals surface area contributed by atoms with Gasteiger partial charge in [0.15, 0.2) is 0 Å². The summed E-state index contributed by atoms with van der Waals surface area (Å²) < 4.78 is 19.7. The van der Waals surface area contributed by atoms with Crippen molar-refractivity contribution >= 4 is 17.5 Å². The molecule has 3 rings (SSSR count). The third kappa shape index (κ3) is 3.95. The molecule has 0 aliphatic heterocycles. The maximum atomic E-state index is 13.1. The first-order valence-corrected chi connectivity index (χ1v) is 8.68. The lowest BCUT2D eigenvalue weighted by Gasteiger charge is -2.17. The fourth-order valence-electron chi connectivity index (χ4n) is 2.76. The Morgan fingerprint density at radius 2 is 1.81 bits per heavy atom. The smallest absolute Gasteiger partial charge is 0.258 e. The summed E-state index contributed by atoms with van der Waals surface area (Å²) in [7, 11) is 3.31. The molecule has 0 N–H and O–H groups in total. The quantitative estimate of drug-likeness (QED) is 0.657. The molecule has 0 radical (unpaired) electrons. The van der Waals surface area contributed by atoms with Gasteiger partial charge in [-0.05, 0) is 48.9 Å². The van der Waals surface area contributed by atoms with Crippen LogP contribution in [0.2, 0.25) is 5.15 Å². The fourth-order valence-corrected chi connectivity index (χ4v) is 3.12. The molecule has 140 valence electrons. The highest BCUT2D eigenvalue weighted by atomic mass is 35.5. The second-order valence-electron chi connectivity index (χ2n) is 6.15. The van der Waals surface area contributed by atoms with Crippen molar-refractivity contribution in [2.45, 2.75) is 13.5 Å². The molecule has 0 spiro atoms. The number of aromatic nitrogens is 2. The molecule has 0 saturated heterocycles. The number of rotatable bonds is 5. The molecule has 0 unspecified atom stereocenters. The first-order chi connectivity index (χ1) is 12.9. The summed E-state index contributed by atoms with van der Waals surface area (Å²) >= 11 is 6.43. The number of amides is 1. The van der Waals surface area contributed by atoms with Gasteiger partial charge in [-0.1, -0.05) is 23.7 Å². The second kappa shape index (κ2) is 7.80. The highest BCUT2D eigenvalue weighted by Gasteiger charge is 2.24. The Labute approximate surface area is 161 Å². The summed E-state index contributed by atoms with van der Waals surface area (Å²) in [5.41, 5.74) is 2.39. The number of halogens is 2. The maximum absolute atomic E-state index is 13.1. The van der Waals surface area contributed by atoms with Crippen LogP contribution < -0.4 is 4.74 Å². The van der Waals surface area contributed by atoms with Gasteiger partial charge in [-0.15, -0.1) is 0 Å². The van der Waals surface area contributed by atoms with Crippen molar-refractivity contribution in [1.29, 1.82) is 0 Å². The van der Waals surface area contributed by atoms with Gasteiger partial charge in [-0.25, -0.2) is 9.07 Å². The first-order valence-electron chi connectivity index (χ1n) is 8.30. The van der Waals surface area contributed by atoms with Crippen molar-refractivity contribution in [1.82, 2.24) is 14.7 Å². The Kier molecular flexibility index (Phi) is 5.46. The number of ether oxygens (including phenoxy) is 1. The number of methoxy groups -OCH3 is 1. The van der Waals surface area contributed by atoms with Crippen molar-refractivity contribution in [2.75, 3.05) is 14.2 Å². The molecule has 5 nitrogen and oxygen atoms in total. The zero-order chi connectivity index (χ0) is 19.6. The van der Waals surface area contributed by atoms with Crippen molar-refractivity contribution in [3.63, 3.8) is 0 Å². The van der Waals surface area contributed by atoms with Crippen LogP contribution in [0, 0.1) is 12.7 Å². The number of carbonyl (C=O) groups is 1. The fraction of sp³-hybridized carbons (Fsp3) is 0.200. The van der Waals surface area contributed by atoms with Crippen LogP contribution in [0.4, 0.5) is 4.39 Å². The van der Waals surface area contributed by atoms with E-state index in [1.165, 1.54) is 16.8 Å². The van der Waals surface area contributed by atoms with E-state index in [9.17, 15) is 9.18 Å². The van der Waals surface area contributed by atoms with Crippen LogP contribution in [-0.4, -0.2) is 34.7 Å². The zero-order valence-electron chi connectivity index (χ0n) is 15.2. The Hall–Kier alpha value is -2.86. The minimum absolute atomic E-state index is 0.200. The monoisotopic (exact) mass is 387 g/mol. The Morgan fingerprint density at radius 3 is 2.41 bits per heavy atom. The molecule has 1 heterocycles. The van der Waals surface area contributed by atoms with Crippen molar-refractivity contribution in [3.05, 3.63) is 76.3 Å². The van der Waals surface area contributed by atoms with E-state index in [0.29, 0.717) is 23.5 Å². The number of benzene rings is 2. The number of hydrogen-bond acceptors (Lipinski definition) is 3. The van der Waals surface area contributed by atoms with Crippen LogP contribution >= 0.6 is 11.6 Å². The van der Waals surface area contributed by atoms with Gasteiger partial charge in [-0.3, -0.25) is 4.79 Å². The molecule has 3 aromatic rings. The van der Waals surface area contributed by atoms with Crippen LogP contribution in [0.15, 0.2) is 48.5 Å². The third-order valence-electron chi connectivity index (χ3n) is 4.21. The van der Waals surface area contributed by atoms with E-state index in [1.807, 2.05) is 24.3 Å². The highest BCUT2D eigenvalue weighted by Crippen LogP contribution is 2.25. The van der Waals surface area contributed by atoms with Gasteiger partial charge < -0.3 is 9.64 Å². The third-order valence-corrected chi connectivity index (χ3v) is 4.56. The lowest BCUT2D eigenvalue weighted by molar-refractivity contribution is 0.0784. The topological polar surface area (TPSA) is 47.4 Å². The molecule has 0 bridgehead atoms. The standard InChI is InChI=1S/C20H19ClFN3O2/c1-13-18(19(21)25(23-13)16-8-6-15(22)7-9-16)20(26)24(2)12-14-4-10-17(27-3)11-5-14/h4-11H,12H2,1-3H3. The van der Waals surface area contributed by atoms with E-state index in [-0.39, 0.29) is 16.9 Å². The molecule has 27 heavy (non-hydrogen) atoms. The Balaban J connectivity index is 1.84. The molecule has 1 aromatic heterocycles. The van der Waals surface area contributed by atoms with E-state index >= 15 is 0 Å².